The van der Waals surface area contributed by atoms with Gasteiger partial charge in [-0.15, -0.1) is 0 Å². The van der Waals surface area contributed by atoms with E-state index in [0.717, 1.165) is 16.8 Å². The summed E-state index contributed by atoms with van der Waals surface area (Å²) in [6.07, 6.45) is 1.42. The minimum atomic E-state index is -4.91. The van der Waals surface area contributed by atoms with Crippen LogP contribution in [0.25, 0.3) is 21.9 Å². The zero-order valence-electron chi connectivity index (χ0n) is 35.6. The summed E-state index contributed by atoms with van der Waals surface area (Å²) in [5.74, 6) is -2.62. The Balaban J connectivity index is 1.44. The molecule has 1 aliphatic rings. The number of nitrogens with one attached hydrogen (secondary N) is 2. The van der Waals surface area contributed by atoms with Crippen LogP contribution in [0.3, 0.4) is 0 Å². The van der Waals surface area contributed by atoms with E-state index in [0.29, 0.717) is 36.9 Å². The number of unbranched alkanes of at least 4 members (excludes halogenated alkanes) is 1. The van der Waals surface area contributed by atoms with E-state index in [9.17, 15) is 42.9 Å². The smallest absolute Gasteiger partial charge is 0.417 e. The van der Waals surface area contributed by atoms with Crippen LogP contribution < -0.4 is 15.4 Å². The van der Waals surface area contributed by atoms with Crippen LogP contribution in [0.1, 0.15) is 89.3 Å². The first-order valence-electron chi connectivity index (χ1n) is 20.7. The fourth-order valence-corrected chi connectivity index (χ4v) is 7.38. The van der Waals surface area contributed by atoms with Gasteiger partial charge in [0.15, 0.2) is 0 Å². The van der Waals surface area contributed by atoms with Gasteiger partial charge in [0, 0.05) is 36.4 Å². The third-order valence-electron chi connectivity index (χ3n) is 10.6. The van der Waals surface area contributed by atoms with E-state index in [1.165, 1.54) is 31.2 Å². The fourth-order valence-electron chi connectivity index (χ4n) is 7.38. The molecule has 62 heavy (non-hydrogen) atoms. The number of esters is 1. The highest BCUT2D eigenvalue weighted by atomic mass is 19.4. The first-order valence-corrected chi connectivity index (χ1v) is 20.7. The number of anilines is 1. The van der Waals surface area contributed by atoms with Gasteiger partial charge in [0.2, 0.25) is 5.91 Å². The van der Waals surface area contributed by atoms with E-state index >= 15 is 0 Å². The van der Waals surface area contributed by atoms with Crippen molar-refractivity contribution in [3.8, 4) is 16.9 Å². The van der Waals surface area contributed by atoms with E-state index in [4.69, 9.17) is 14.2 Å². The van der Waals surface area contributed by atoms with E-state index in [1.54, 1.807) is 63.5 Å². The molecule has 12 nitrogen and oxygen atoms in total. The van der Waals surface area contributed by atoms with Crippen molar-refractivity contribution < 1.29 is 57.1 Å². The molecule has 0 saturated heterocycles. The number of pyridine rings is 1. The van der Waals surface area contributed by atoms with E-state index in [1.807, 2.05) is 19.1 Å². The number of fused-ring (bicyclic) bond motifs is 1. The molecular weight excluding hydrogens is 808 g/mol. The molecule has 1 aromatic heterocycles. The number of alkyl halides is 3. The standard InChI is InChI=1S/C47H56F3N3O9/c1-28(54)26-60-34-15-17-37(40(22-34)47(48,49)50)38-20-30(27-61-43(57)11-9-7-6-8-10-35-29(2)41(55)23-42(35)56)12-16-36(38)39(25-52-45(59)62-46(3,4)5)44(58)53-33-14-13-32-24-51-19-18-31(32)21-33/h6,8,12-22,24,28-29,35,39,41-42,54-56H,7,9-11,23,25-27H2,1-5H3,(H,52,59)(H,53,58)/b8-6-/t28-,29-,35?,39?,41-,42+/m1/s1. The summed E-state index contributed by atoms with van der Waals surface area (Å²) in [6.45, 7) is 7.44. The highest BCUT2D eigenvalue weighted by Gasteiger charge is 2.38. The van der Waals surface area contributed by atoms with Crippen molar-refractivity contribution in [1.29, 1.82) is 0 Å². The molecule has 5 rings (SSSR count). The lowest BCUT2D eigenvalue weighted by Crippen LogP contribution is -2.38. The largest absolute Gasteiger partial charge is 0.491 e. The number of nitrogens with zero attached hydrogens (tertiary/aromatic N) is 1. The maximum absolute atomic E-state index is 15.0. The topological polar surface area (TPSA) is 177 Å². The number of hydrogen-bond acceptors (Lipinski definition) is 10. The molecule has 0 spiro atoms. The van der Waals surface area contributed by atoms with Crippen LogP contribution in [0, 0.1) is 11.8 Å². The third-order valence-corrected chi connectivity index (χ3v) is 10.6. The minimum Gasteiger partial charge on any atom is -0.491 e. The quantitative estimate of drug-likeness (QED) is 0.0393. The molecule has 15 heteroatoms. The molecule has 6 atom stereocenters. The van der Waals surface area contributed by atoms with Crippen molar-refractivity contribution in [3.63, 3.8) is 0 Å². The average molecular weight is 864 g/mol. The minimum absolute atomic E-state index is 0.0111. The molecule has 1 saturated carbocycles. The molecule has 2 amide bonds. The van der Waals surface area contributed by atoms with Crippen LogP contribution in [0.15, 0.2) is 85.2 Å². The normalized spacial score (nSPS) is 19.0. The monoisotopic (exact) mass is 863 g/mol. The Bertz CT molecular complexity index is 2200. The summed E-state index contributed by atoms with van der Waals surface area (Å²) in [7, 11) is 0. The second-order valence-electron chi connectivity index (χ2n) is 16.8. The molecule has 1 heterocycles. The molecule has 0 bridgehead atoms. The molecule has 334 valence electrons. The van der Waals surface area contributed by atoms with Crippen molar-refractivity contribution in [2.45, 2.75) is 109 Å². The summed E-state index contributed by atoms with van der Waals surface area (Å²) < 4.78 is 61.3. The second-order valence-corrected chi connectivity index (χ2v) is 16.8. The van der Waals surface area contributed by atoms with Gasteiger partial charge >= 0.3 is 18.2 Å². The van der Waals surface area contributed by atoms with Gasteiger partial charge in [-0.05, 0) is 129 Å². The highest BCUT2D eigenvalue weighted by molar-refractivity contribution is 5.99. The zero-order valence-corrected chi connectivity index (χ0v) is 35.6. The predicted octanol–water partition coefficient (Wildman–Crippen LogP) is 8.46. The van der Waals surface area contributed by atoms with Crippen LogP contribution >= 0.6 is 0 Å². The number of ether oxygens (including phenoxy) is 3. The summed E-state index contributed by atoms with van der Waals surface area (Å²) in [5, 5.41) is 37.0. The number of rotatable bonds is 17. The second kappa shape index (κ2) is 21.0. The SMILES string of the molecule is C[C@@H]1C(C/C=C\CCCC(=O)OCc2ccc(C(CNC(=O)OC(C)(C)C)C(=O)Nc3ccc4cnccc4c3)c(-c3ccc(OC[C@@H](C)O)cc3C(F)(F)F)c2)[C@@H](O)C[C@H]1O. The highest BCUT2D eigenvalue weighted by Crippen LogP contribution is 2.42. The van der Waals surface area contributed by atoms with Gasteiger partial charge in [0.25, 0.3) is 0 Å². The number of aromatic nitrogens is 1. The lowest BCUT2D eigenvalue weighted by molar-refractivity contribution is -0.145. The number of amides is 2. The predicted molar refractivity (Wildman–Crippen MR) is 228 cm³/mol. The van der Waals surface area contributed by atoms with Gasteiger partial charge in [0.1, 0.15) is 24.6 Å². The van der Waals surface area contributed by atoms with Gasteiger partial charge in [-0.25, -0.2) is 4.79 Å². The molecule has 1 aliphatic carbocycles. The Labute approximate surface area is 359 Å². The van der Waals surface area contributed by atoms with Crippen molar-refractivity contribution >= 4 is 34.4 Å². The van der Waals surface area contributed by atoms with Crippen LogP contribution in [-0.2, 0) is 31.8 Å². The average Bonchev–Trinajstić information content (AvgIpc) is 3.45. The van der Waals surface area contributed by atoms with E-state index in [2.05, 4.69) is 15.6 Å². The molecule has 5 N–H and O–H groups in total. The Morgan fingerprint density at radius 1 is 0.952 bits per heavy atom. The first-order chi connectivity index (χ1) is 29.3. The number of carbonyl (C=O) groups is 3. The number of halogens is 3. The number of allylic oxidation sites excluding steroid dienone is 2. The van der Waals surface area contributed by atoms with Crippen LogP contribution in [-0.4, -0.2) is 75.3 Å². The third kappa shape index (κ3) is 13.5. The Morgan fingerprint density at radius 3 is 2.42 bits per heavy atom. The van der Waals surface area contributed by atoms with Crippen LogP contribution in [0.4, 0.5) is 23.7 Å². The number of aliphatic hydroxyl groups is 3. The summed E-state index contributed by atoms with van der Waals surface area (Å²) >= 11 is 0. The summed E-state index contributed by atoms with van der Waals surface area (Å²) in [5.41, 5.74) is -1.42. The molecule has 2 unspecified atom stereocenters. The van der Waals surface area contributed by atoms with E-state index < -0.39 is 59.5 Å². The maximum atomic E-state index is 15.0. The lowest BCUT2D eigenvalue weighted by atomic mass is 9.86. The zero-order chi connectivity index (χ0) is 45.2. The first kappa shape index (κ1) is 47.5. The molecule has 4 aromatic rings. The Morgan fingerprint density at radius 2 is 1.73 bits per heavy atom. The van der Waals surface area contributed by atoms with Crippen molar-refractivity contribution in [1.82, 2.24) is 10.3 Å². The Hall–Kier alpha value is -5.51. The summed E-state index contributed by atoms with van der Waals surface area (Å²) in [4.78, 5) is 44.2. The van der Waals surface area contributed by atoms with E-state index in [-0.39, 0.29) is 60.5 Å². The van der Waals surface area contributed by atoms with Crippen LogP contribution in [0.5, 0.6) is 5.75 Å². The van der Waals surface area contributed by atoms with Gasteiger partial charge in [-0.3, -0.25) is 14.6 Å². The number of aliphatic hydroxyl groups excluding tert-OH is 3. The van der Waals surface area contributed by atoms with Gasteiger partial charge < -0.3 is 40.2 Å². The van der Waals surface area contributed by atoms with Gasteiger partial charge in [0.05, 0.1) is 29.8 Å². The fraction of sp³-hybridized carbons (Fsp3) is 0.447. The molecule has 3 aromatic carbocycles. The molecular formula is C47H56F3N3O9. The van der Waals surface area contributed by atoms with Crippen molar-refractivity contribution in [3.05, 3.63) is 102 Å². The molecule has 0 aliphatic heterocycles. The summed E-state index contributed by atoms with van der Waals surface area (Å²) in [6, 6.07) is 14.7. The molecule has 1 fully saturated rings. The van der Waals surface area contributed by atoms with Crippen LogP contribution in [0.2, 0.25) is 0 Å². The number of carbonyl (C=O) groups excluding carboxylic acids is 3. The van der Waals surface area contributed by atoms with Crippen molar-refractivity contribution in [2.24, 2.45) is 11.8 Å². The Kier molecular flexibility index (Phi) is 16.1. The molecule has 0 radical (unpaired) electrons. The number of alkyl carbamates (subject to hydrolysis) is 1. The van der Waals surface area contributed by atoms with Crippen molar-refractivity contribution in [2.75, 3.05) is 18.5 Å². The van der Waals surface area contributed by atoms with Gasteiger partial charge in [-0.1, -0.05) is 43.3 Å². The number of benzene rings is 3. The maximum Gasteiger partial charge on any atom is 0.417 e. The van der Waals surface area contributed by atoms with Gasteiger partial charge in [-0.2, -0.15) is 13.2 Å². The lowest BCUT2D eigenvalue weighted by Gasteiger charge is -2.25. The number of hydrogen-bond donors (Lipinski definition) is 5.